The van der Waals surface area contributed by atoms with Crippen molar-refractivity contribution >= 4 is 40.2 Å². The van der Waals surface area contributed by atoms with Crippen molar-refractivity contribution in [1.29, 1.82) is 0 Å². The van der Waals surface area contributed by atoms with Crippen LogP contribution in [0.1, 0.15) is 34.6 Å². The van der Waals surface area contributed by atoms with Gasteiger partial charge < -0.3 is 14.8 Å². The van der Waals surface area contributed by atoms with Crippen molar-refractivity contribution in [2.75, 3.05) is 24.8 Å². The molecule has 0 bridgehead atoms. The molecule has 3 heterocycles. The van der Waals surface area contributed by atoms with Crippen LogP contribution < -0.4 is 10.9 Å². The highest BCUT2D eigenvalue weighted by Gasteiger charge is 2.22. The maximum absolute atomic E-state index is 13.3. The number of anilines is 1. The molecule has 1 amide bonds. The number of fused-ring (bicyclic) bond motifs is 1. The van der Waals surface area contributed by atoms with Crippen LogP contribution in [0, 0.1) is 13.8 Å². The fourth-order valence-electron chi connectivity index (χ4n) is 3.97. The number of ether oxygens (including phenoxy) is 2. The van der Waals surface area contributed by atoms with E-state index in [-0.39, 0.29) is 23.3 Å². The Labute approximate surface area is 200 Å². The molecule has 1 fully saturated rings. The molecule has 1 aliphatic heterocycles. The number of nitrogens with zero attached hydrogens (tertiary/aromatic N) is 4. The van der Waals surface area contributed by atoms with Crippen LogP contribution in [-0.4, -0.2) is 56.8 Å². The number of aryl methyl sites for hydroxylation is 2. The monoisotopic (exact) mass is 485 g/mol. The molecular formula is C23H27N5O5S. The molecule has 1 aromatic carbocycles. The van der Waals surface area contributed by atoms with Crippen LogP contribution in [-0.2, 0) is 27.9 Å². The molecule has 1 saturated heterocycles. The highest BCUT2D eigenvalue weighted by Crippen LogP contribution is 2.23. The van der Waals surface area contributed by atoms with Gasteiger partial charge in [-0.25, -0.2) is 9.78 Å². The van der Waals surface area contributed by atoms with Crippen LogP contribution in [0.15, 0.2) is 28.2 Å². The van der Waals surface area contributed by atoms with E-state index >= 15 is 0 Å². The first-order valence-electron chi connectivity index (χ1n) is 11.0. The van der Waals surface area contributed by atoms with Gasteiger partial charge in [0.1, 0.15) is 0 Å². The lowest BCUT2D eigenvalue weighted by molar-refractivity contribution is -0.113. The Morgan fingerprint density at radius 3 is 2.76 bits per heavy atom. The molecule has 0 aliphatic carbocycles. The van der Waals surface area contributed by atoms with E-state index in [0.29, 0.717) is 40.5 Å². The fourth-order valence-corrected chi connectivity index (χ4v) is 4.78. The molecule has 0 spiro atoms. The number of carbonyl (C=O) groups excluding carboxylic acids is 2. The van der Waals surface area contributed by atoms with Crippen molar-refractivity contribution in [2.45, 2.75) is 44.5 Å². The van der Waals surface area contributed by atoms with Gasteiger partial charge in [-0.2, -0.15) is 5.10 Å². The molecule has 1 atom stereocenters. The van der Waals surface area contributed by atoms with Gasteiger partial charge in [0.2, 0.25) is 5.91 Å². The minimum Gasteiger partial charge on any atom is -0.465 e. The molecule has 0 radical (unpaired) electrons. The number of amides is 1. The molecule has 1 aliphatic rings. The van der Waals surface area contributed by atoms with E-state index in [9.17, 15) is 14.4 Å². The second-order valence-corrected chi connectivity index (χ2v) is 9.12. The molecule has 4 rings (SSSR count). The fraction of sp³-hybridized carbons (Fsp3) is 0.435. The third kappa shape index (κ3) is 4.85. The van der Waals surface area contributed by atoms with Gasteiger partial charge in [-0.15, -0.1) is 0 Å². The van der Waals surface area contributed by atoms with E-state index in [0.717, 1.165) is 24.2 Å². The number of carbonyl (C=O) groups is 2. The molecular weight excluding hydrogens is 458 g/mol. The molecule has 10 nitrogen and oxygen atoms in total. The first-order chi connectivity index (χ1) is 16.3. The van der Waals surface area contributed by atoms with Gasteiger partial charge in [0.25, 0.3) is 5.56 Å². The number of nitrogens with one attached hydrogen (secondary N) is 1. The molecule has 2 aromatic heterocycles. The Bertz CT molecular complexity index is 1310. The van der Waals surface area contributed by atoms with Crippen LogP contribution >= 0.6 is 11.8 Å². The molecule has 1 N–H and O–H groups in total. The van der Waals surface area contributed by atoms with Crippen molar-refractivity contribution < 1.29 is 19.1 Å². The summed E-state index contributed by atoms with van der Waals surface area (Å²) in [4.78, 5) is 42.7. The summed E-state index contributed by atoms with van der Waals surface area (Å²) in [6, 6.07) is 4.66. The summed E-state index contributed by atoms with van der Waals surface area (Å²) in [5.74, 6) is -0.693. The Hall–Kier alpha value is -3.18. The van der Waals surface area contributed by atoms with Crippen LogP contribution in [0.4, 0.5) is 5.69 Å². The summed E-state index contributed by atoms with van der Waals surface area (Å²) in [6.45, 7) is 4.73. The molecule has 1 unspecified atom stereocenters. The summed E-state index contributed by atoms with van der Waals surface area (Å²) >= 11 is 1.17. The van der Waals surface area contributed by atoms with E-state index < -0.39 is 5.97 Å². The molecule has 180 valence electrons. The topological polar surface area (TPSA) is 117 Å². The van der Waals surface area contributed by atoms with Gasteiger partial charge in [0, 0.05) is 13.7 Å². The zero-order valence-corrected chi connectivity index (χ0v) is 20.4. The SMILES string of the molecule is COC(=O)c1ccc2c(=O)n(CC3CCCO3)c(SCC(=O)Nc3c(C)nn(C)c3C)nc2c1. The summed E-state index contributed by atoms with van der Waals surface area (Å²) in [5, 5.41) is 8.00. The number of methoxy groups -OCH3 is 1. The average Bonchev–Trinajstić information content (AvgIpc) is 3.42. The summed E-state index contributed by atoms with van der Waals surface area (Å²) in [6.07, 6.45) is 1.72. The lowest BCUT2D eigenvalue weighted by Gasteiger charge is -2.16. The maximum Gasteiger partial charge on any atom is 0.337 e. The van der Waals surface area contributed by atoms with Crippen LogP contribution in [0.3, 0.4) is 0 Å². The number of thioether (sulfide) groups is 1. The van der Waals surface area contributed by atoms with Gasteiger partial charge in [-0.1, -0.05) is 11.8 Å². The van der Waals surface area contributed by atoms with E-state index in [2.05, 4.69) is 15.4 Å². The number of aromatic nitrogens is 4. The van der Waals surface area contributed by atoms with Gasteiger partial charge in [-0.05, 0) is 44.9 Å². The Morgan fingerprint density at radius 1 is 1.32 bits per heavy atom. The quantitative estimate of drug-likeness (QED) is 0.308. The molecule has 11 heteroatoms. The minimum atomic E-state index is -0.511. The van der Waals surface area contributed by atoms with E-state index in [4.69, 9.17) is 9.47 Å². The highest BCUT2D eigenvalue weighted by atomic mass is 32.2. The number of benzene rings is 1. The number of hydrogen-bond donors (Lipinski definition) is 1. The maximum atomic E-state index is 13.3. The lowest BCUT2D eigenvalue weighted by atomic mass is 10.1. The lowest BCUT2D eigenvalue weighted by Crippen LogP contribution is -2.29. The van der Waals surface area contributed by atoms with Gasteiger partial charge in [0.15, 0.2) is 5.16 Å². The van der Waals surface area contributed by atoms with Crippen molar-refractivity contribution in [3.63, 3.8) is 0 Å². The summed E-state index contributed by atoms with van der Waals surface area (Å²) in [7, 11) is 3.11. The van der Waals surface area contributed by atoms with Crippen LogP contribution in [0.5, 0.6) is 0 Å². The van der Waals surface area contributed by atoms with E-state index in [1.54, 1.807) is 21.4 Å². The summed E-state index contributed by atoms with van der Waals surface area (Å²) < 4.78 is 13.8. The Morgan fingerprint density at radius 2 is 2.12 bits per heavy atom. The number of hydrogen-bond acceptors (Lipinski definition) is 8. The third-order valence-electron chi connectivity index (χ3n) is 5.86. The number of rotatable bonds is 7. The van der Waals surface area contributed by atoms with Crippen molar-refractivity contribution in [1.82, 2.24) is 19.3 Å². The van der Waals surface area contributed by atoms with Crippen molar-refractivity contribution in [2.24, 2.45) is 7.05 Å². The standard InChI is InChI=1S/C23H27N5O5S/c1-13-20(14(2)27(3)26-13)25-19(29)12-34-23-24-18-10-15(22(31)32-4)7-8-17(18)21(30)28(23)11-16-6-5-9-33-16/h7-8,10,16H,5-6,9,11-12H2,1-4H3,(H,25,29). The normalized spacial score (nSPS) is 15.6. The van der Waals surface area contributed by atoms with Gasteiger partial charge in [0.05, 0.1) is 59.1 Å². The minimum absolute atomic E-state index is 0.0495. The first-order valence-corrected chi connectivity index (χ1v) is 11.9. The smallest absolute Gasteiger partial charge is 0.337 e. The Balaban J connectivity index is 1.64. The molecule has 3 aromatic rings. The third-order valence-corrected chi connectivity index (χ3v) is 6.83. The van der Waals surface area contributed by atoms with Crippen molar-refractivity contribution in [3.05, 3.63) is 45.5 Å². The van der Waals surface area contributed by atoms with Gasteiger partial charge >= 0.3 is 5.97 Å². The largest absolute Gasteiger partial charge is 0.465 e. The average molecular weight is 486 g/mol. The second kappa shape index (κ2) is 9.98. The zero-order valence-electron chi connectivity index (χ0n) is 19.6. The van der Waals surface area contributed by atoms with Gasteiger partial charge in [-0.3, -0.25) is 18.8 Å². The second-order valence-electron chi connectivity index (χ2n) is 8.17. The first kappa shape index (κ1) is 24.0. The summed E-state index contributed by atoms with van der Waals surface area (Å²) in [5.41, 5.74) is 2.70. The zero-order chi connectivity index (χ0) is 24.4. The highest BCUT2D eigenvalue weighted by molar-refractivity contribution is 7.99. The van der Waals surface area contributed by atoms with Crippen LogP contribution in [0.25, 0.3) is 10.9 Å². The predicted octanol–water partition coefficient (Wildman–Crippen LogP) is 2.44. The van der Waals surface area contributed by atoms with Crippen molar-refractivity contribution in [3.8, 4) is 0 Å². The van der Waals surface area contributed by atoms with E-state index in [1.165, 1.54) is 24.9 Å². The van der Waals surface area contributed by atoms with Crippen LogP contribution in [0.2, 0.25) is 0 Å². The Kier molecular flexibility index (Phi) is 7.03. The molecule has 0 saturated carbocycles. The van der Waals surface area contributed by atoms with E-state index in [1.807, 2.05) is 20.9 Å². The number of esters is 1. The predicted molar refractivity (Wildman–Crippen MR) is 128 cm³/mol. The molecule has 34 heavy (non-hydrogen) atoms.